The minimum atomic E-state index is -0.461. The first-order valence-electron chi connectivity index (χ1n) is 5.43. The lowest BCUT2D eigenvalue weighted by molar-refractivity contribution is -0.00632. The molecular formula is C10H13N5O2. The second-order valence-electron chi connectivity index (χ2n) is 4.18. The highest BCUT2D eigenvalue weighted by Gasteiger charge is 2.32. The summed E-state index contributed by atoms with van der Waals surface area (Å²) in [5.41, 5.74) is 6.89. The average Bonchev–Trinajstić information content (AvgIpc) is 2.85. The highest BCUT2D eigenvalue weighted by molar-refractivity contribution is 5.81. The van der Waals surface area contributed by atoms with E-state index in [2.05, 4.69) is 15.0 Å². The Morgan fingerprint density at radius 3 is 3.00 bits per heavy atom. The zero-order valence-corrected chi connectivity index (χ0v) is 9.32. The number of anilines is 1. The molecule has 0 radical (unpaired) electrons. The molecule has 0 saturated carbocycles. The van der Waals surface area contributed by atoms with Gasteiger partial charge >= 0.3 is 0 Å². The largest absolute Gasteiger partial charge is 0.390 e. The standard InChI is InChI=1S/C10H13N5O2/c1-5-6(16)2-7(17-5)15-4-14-8-9(11)12-3-13-10(8)15/h3-7,16H,2H2,1H3,(H2,11,12,13)/t5-,6+,7+/m0/s1. The van der Waals surface area contributed by atoms with Crippen LogP contribution in [0.5, 0.6) is 0 Å². The molecule has 2 aromatic rings. The third kappa shape index (κ3) is 1.55. The van der Waals surface area contributed by atoms with Crippen LogP contribution in [0.4, 0.5) is 5.82 Å². The number of hydrogen-bond donors (Lipinski definition) is 2. The predicted octanol–water partition coefficient (Wildman–Crippen LogP) is 0.0768. The van der Waals surface area contributed by atoms with E-state index in [1.807, 2.05) is 6.92 Å². The number of aliphatic hydroxyl groups is 1. The summed E-state index contributed by atoms with van der Waals surface area (Å²) in [6.07, 6.45) is 2.64. The number of nitrogens with two attached hydrogens (primary N) is 1. The maximum atomic E-state index is 9.68. The normalized spacial score (nSPS) is 28.9. The lowest BCUT2D eigenvalue weighted by Gasteiger charge is -2.12. The van der Waals surface area contributed by atoms with Gasteiger partial charge in [-0.15, -0.1) is 0 Å². The summed E-state index contributed by atoms with van der Waals surface area (Å²) in [6.45, 7) is 1.84. The molecule has 0 spiro atoms. The van der Waals surface area contributed by atoms with E-state index in [-0.39, 0.29) is 12.3 Å². The fourth-order valence-corrected chi connectivity index (χ4v) is 2.05. The Morgan fingerprint density at radius 1 is 1.47 bits per heavy atom. The summed E-state index contributed by atoms with van der Waals surface area (Å²) >= 11 is 0. The van der Waals surface area contributed by atoms with Crippen LogP contribution in [0.1, 0.15) is 19.6 Å². The Labute approximate surface area is 97.3 Å². The topological polar surface area (TPSA) is 99.1 Å². The molecule has 0 aliphatic carbocycles. The number of imidazole rings is 1. The third-order valence-corrected chi connectivity index (χ3v) is 3.05. The highest BCUT2D eigenvalue weighted by atomic mass is 16.5. The van der Waals surface area contributed by atoms with Crippen molar-refractivity contribution >= 4 is 17.0 Å². The van der Waals surface area contributed by atoms with Crippen LogP contribution in [-0.2, 0) is 4.74 Å². The van der Waals surface area contributed by atoms with Gasteiger partial charge in [0.1, 0.15) is 18.1 Å². The van der Waals surface area contributed by atoms with Crippen molar-refractivity contribution in [2.24, 2.45) is 0 Å². The Hall–Kier alpha value is -1.73. The SMILES string of the molecule is C[C@@H]1O[C@@H](n2cnc3c(N)ncnc32)C[C@H]1O. The molecule has 17 heavy (non-hydrogen) atoms. The molecule has 7 heteroatoms. The van der Waals surface area contributed by atoms with Gasteiger partial charge in [0.25, 0.3) is 0 Å². The Morgan fingerprint density at radius 2 is 2.29 bits per heavy atom. The van der Waals surface area contributed by atoms with Crippen molar-refractivity contribution in [3.63, 3.8) is 0 Å². The molecule has 3 atom stereocenters. The molecular weight excluding hydrogens is 222 g/mol. The van der Waals surface area contributed by atoms with Gasteiger partial charge in [-0.05, 0) is 6.92 Å². The van der Waals surface area contributed by atoms with Crippen LogP contribution in [0.25, 0.3) is 11.2 Å². The van der Waals surface area contributed by atoms with E-state index in [1.165, 1.54) is 6.33 Å². The second-order valence-corrected chi connectivity index (χ2v) is 4.18. The van der Waals surface area contributed by atoms with Gasteiger partial charge in [0.2, 0.25) is 0 Å². The van der Waals surface area contributed by atoms with Crippen molar-refractivity contribution in [2.75, 3.05) is 5.73 Å². The first-order valence-corrected chi connectivity index (χ1v) is 5.43. The second kappa shape index (κ2) is 3.64. The first-order chi connectivity index (χ1) is 8.16. The summed E-state index contributed by atoms with van der Waals surface area (Å²) in [4.78, 5) is 12.2. The number of aromatic nitrogens is 4. The van der Waals surface area contributed by atoms with Gasteiger partial charge in [-0.2, -0.15) is 0 Å². The third-order valence-electron chi connectivity index (χ3n) is 3.05. The molecule has 1 fully saturated rings. The van der Waals surface area contributed by atoms with E-state index in [0.717, 1.165) is 0 Å². The summed E-state index contributed by atoms with van der Waals surface area (Å²) in [5.74, 6) is 0.348. The molecule has 0 amide bonds. The summed E-state index contributed by atoms with van der Waals surface area (Å²) in [7, 11) is 0. The minimum Gasteiger partial charge on any atom is -0.390 e. The summed E-state index contributed by atoms with van der Waals surface area (Å²) < 4.78 is 7.42. The number of ether oxygens (including phenoxy) is 1. The van der Waals surface area contributed by atoms with E-state index in [4.69, 9.17) is 10.5 Å². The Kier molecular flexibility index (Phi) is 2.23. The monoisotopic (exact) mass is 235 g/mol. The van der Waals surface area contributed by atoms with Gasteiger partial charge in [0.05, 0.1) is 18.5 Å². The van der Waals surface area contributed by atoms with Crippen LogP contribution in [-0.4, -0.2) is 36.8 Å². The van der Waals surface area contributed by atoms with Crippen molar-refractivity contribution in [1.82, 2.24) is 19.5 Å². The fourth-order valence-electron chi connectivity index (χ4n) is 2.05. The van der Waals surface area contributed by atoms with E-state index < -0.39 is 6.10 Å². The van der Waals surface area contributed by atoms with Gasteiger partial charge in [-0.1, -0.05) is 0 Å². The van der Waals surface area contributed by atoms with Crippen molar-refractivity contribution in [3.05, 3.63) is 12.7 Å². The number of fused-ring (bicyclic) bond motifs is 1. The minimum absolute atomic E-state index is 0.184. The Balaban J connectivity index is 2.04. The van der Waals surface area contributed by atoms with Crippen LogP contribution in [0.2, 0.25) is 0 Å². The van der Waals surface area contributed by atoms with Crippen molar-refractivity contribution in [2.45, 2.75) is 31.8 Å². The van der Waals surface area contributed by atoms with E-state index in [0.29, 0.717) is 23.4 Å². The van der Waals surface area contributed by atoms with Gasteiger partial charge in [-0.3, -0.25) is 4.57 Å². The van der Waals surface area contributed by atoms with Crippen molar-refractivity contribution < 1.29 is 9.84 Å². The van der Waals surface area contributed by atoms with E-state index >= 15 is 0 Å². The molecule has 0 bridgehead atoms. The lowest BCUT2D eigenvalue weighted by Crippen LogP contribution is -2.15. The van der Waals surface area contributed by atoms with Crippen LogP contribution < -0.4 is 5.73 Å². The number of hydrogen-bond acceptors (Lipinski definition) is 6. The number of nitrogens with zero attached hydrogens (tertiary/aromatic N) is 4. The first kappa shape index (κ1) is 10.4. The molecule has 90 valence electrons. The average molecular weight is 235 g/mol. The zero-order valence-electron chi connectivity index (χ0n) is 9.32. The number of aliphatic hydroxyl groups excluding tert-OH is 1. The molecule has 2 aromatic heterocycles. The summed E-state index contributed by atoms with van der Waals surface area (Å²) in [6, 6.07) is 0. The summed E-state index contributed by atoms with van der Waals surface area (Å²) in [5, 5.41) is 9.68. The molecule has 3 N–H and O–H groups in total. The van der Waals surface area contributed by atoms with Crippen molar-refractivity contribution in [3.8, 4) is 0 Å². The van der Waals surface area contributed by atoms with E-state index in [9.17, 15) is 5.11 Å². The van der Waals surface area contributed by atoms with Gasteiger partial charge in [-0.25, -0.2) is 15.0 Å². The van der Waals surface area contributed by atoms with Crippen LogP contribution >= 0.6 is 0 Å². The number of rotatable bonds is 1. The smallest absolute Gasteiger partial charge is 0.167 e. The molecule has 3 heterocycles. The van der Waals surface area contributed by atoms with Gasteiger partial charge in [0.15, 0.2) is 11.5 Å². The fraction of sp³-hybridized carbons (Fsp3) is 0.500. The maximum Gasteiger partial charge on any atom is 0.167 e. The van der Waals surface area contributed by atoms with Crippen LogP contribution in [0.3, 0.4) is 0 Å². The van der Waals surface area contributed by atoms with Gasteiger partial charge < -0.3 is 15.6 Å². The maximum absolute atomic E-state index is 9.68. The predicted molar refractivity (Wildman–Crippen MR) is 59.9 cm³/mol. The molecule has 1 aliphatic heterocycles. The number of nitrogen functional groups attached to an aromatic ring is 1. The van der Waals surface area contributed by atoms with Crippen LogP contribution in [0, 0.1) is 0 Å². The molecule has 7 nitrogen and oxygen atoms in total. The zero-order chi connectivity index (χ0) is 12.0. The van der Waals surface area contributed by atoms with Crippen molar-refractivity contribution in [1.29, 1.82) is 0 Å². The molecule has 0 aromatic carbocycles. The Bertz CT molecular complexity index is 545. The molecule has 1 saturated heterocycles. The van der Waals surface area contributed by atoms with Gasteiger partial charge in [0, 0.05) is 6.42 Å². The van der Waals surface area contributed by atoms with Crippen LogP contribution in [0.15, 0.2) is 12.7 Å². The molecule has 0 unspecified atom stereocenters. The highest BCUT2D eigenvalue weighted by Crippen LogP contribution is 2.30. The molecule has 3 rings (SSSR count). The quantitative estimate of drug-likeness (QED) is 0.726. The lowest BCUT2D eigenvalue weighted by atomic mass is 10.2. The molecule has 1 aliphatic rings. The van der Waals surface area contributed by atoms with E-state index in [1.54, 1.807) is 10.9 Å².